The first-order valence-corrected chi connectivity index (χ1v) is 8.38. The summed E-state index contributed by atoms with van der Waals surface area (Å²) in [7, 11) is 1.91. The summed E-state index contributed by atoms with van der Waals surface area (Å²) in [6, 6.07) is 4.97. The second kappa shape index (κ2) is 6.58. The molecule has 1 aromatic carbocycles. The number of anilines is 1. The van der Waals surface area contributed by atoms with Crippen molar-refractivity contribution in [3.63, 3.8) is 0 Å². The molecule has 0 aliphatic rings. The molecule has 0 radical (unpaired) electrons. The molecule has 3 rings (SSSR count). The lowest BCUT2D eigenvalue weighted by molar-refractivity contribution is -0.120. The highest BCUT2D eigenvalue weighted by molar-refractivity contribution is 7.11. The number of rotatable bonds is 5. The number of imidazole rings is 1. The van der Waals surface area contributed by atoms with Gasteiger partial charge < -0.3 is 15.3 Å². The topological polar surface area (TPSA) is 93.9 Å². The maximum atomic E-state index is 12.4. The fourth-order valence-electron chi connectivity index (χ4n) is 2.42. The number of carbonyl (C=O) groups is 1. The number of likely N-dealkylation sites (N-methyl/N-ethyl adjacent to an activating group) is 1. The van der Waals surface area contributed by atoms with E-state index < -0.39 is 0 Å². The van der Waals surface area contributed by atoms with Gasteiger partial charge >= 0.3 is 5.69 Å². The number of hydrogen-bond acceptors (Lipinski definition) is 5. The van der Waals surface area contributed by atoms with Crippen molar-refractivity contribution >= 4 is 34.0 Å². The number of nitrogens with one attached hydrogen (secondary N) is 3. The van der Waals surface area contributed by atoms with Gasteiger partial charge in [-0.3, -0.25) is 9.69 Å². The van der Waals surface area contributed by atoms with E-state index in [2.05, 4.69) is 20.3 Å². The lowest BCUT2D eigenvalue weighted by Crippen LogP contribution is -2.39. The van der Waals surface area contributed by atoms with Crippen LogP contribution in [0.15, 0.2) is 29.2 Å². The van der Waals surface area contributed by atoms with Crippen LogP contribution in [-0.2, 0) is 11.3 Å². The minimum Gasteiger partial charge on any atom is -0.325 e. The molecule has 1 amide bonds. The van der Waals surface area contributed by atoms with Gasteiger partial charge in [0, 0.05) is 23.3 Å². The average Bonchev–Trinajstić information content (AvgIpc) is 3.10. The van der Waals surface area contributed by atoms with Crippen molar-refractivity contribution in [2.45, 2.75) is 26.4 Å². The van der Waals surface area contributed by atoms with Gasteiger partial charge in [-0.15, -0.1) is 11.3 Å². The number of thiazole rings is 1. The van der Waals surface area contributed by atoms with E-state index in [1.165, 1.54) is 0 Å². The second-order valence-corrected chi connectivity index (χ2v) is 7.08. The first-order valence-electron chi connectivity index (χ1n) is 7.57. The Hall–Kier alpha value is -2.45. The Morgan fingerprint density at radius 2 is 2.12 bits per heavy atom. The largest absolute Gasteiger partial charge is 0.325 e. The molecule has 0 fully saturated rings. The summed E-state index contributed by atoms with van der Waals surface area (Å²) in [5.41, 5.74) is 1.76. The Labute approximate surface area is 142 Å². The van der Waals surface area contributed by atoms with Crippen LogP contribution in [0.4, 0.5) is 5.69 Å². The van der Waals surface area contributed by atoms with Crippen molar-refractivity contribution in [1.82, 2.24) is 19.9 Å². The van der Waals surface area contributed by atoms with E-state index in [1.54, 1.807) is 29.5 Å². The zero-order valence-electron chi connectivity index (χ0n) is 13.7. The van der Waals surface area contributed by atoms with Crippen molar-refractivity contribution in [3.05, 3.63) is 44.8 Å². The molecule has 0 aliphatic heterocycles. The fraction of sp³-hybridized carbons (Fsp3) is 0.312. The number of aryl methyl sites for hydroxylation is 1. The first-order chi connectivity index (χ1) is 11.4. The Kier molecular flexibility index (Phi) is 4.50. The Balaban J connectivity index is 1.66. The molecule has 0 saturated carbocycles. The maximum absolute atomic E-state index is 12.4. The number of aromatic amines is 2. The first kappa shape index (κ1) is 16.4. The van der Waals surface area contributed by atoms with E-state index >= 15 is 0 Å². The van der Waals surface area contributed by atoms with Gasteiger partial charge in [-0.05, 0) is 39.1 Å². The summed E-state index contributed by atoms with van der Waals surface area (Å²) in [6.45, 7) is 4.50. The molecular weight excluding hydrogens is 326 g/mol. The van der Waals surface area contributed by atoms with Crippen LogP contribution < -0.4 is 11.0 Å². The summed E-state index contributed by atoms with van der Waals surface area (Å²) in [4.78, 5) is 36.4. The molecule has 2 aromatic heterocycles. The van der Waals surface area contributed by atoms with Crippen molar-refractivity contribution in [2.75, 3.05) is 12.4 Å². The summed E-state index contributed by atoms with van der Waals surface area (Å²) in [5, 5.41) is 3.90. The monoisotopic (exact) mass is 345 g/mol. The SMILES string of the molecule is Cc1ncc(CN(C)C(C)C(=O)Nc2ccc3[nH]c(=O)[nH]c3c2)s1. The van der Waals surface area contributed by atoms with E-state index in [-0.39, 0.29) is 17.6 Å². The third-order valence-electron chi connectivity index (χ3n) is 3.90. The highest BCUT2D eigenvalue weighted by Crippen LogP contribution is 2.17. The quantitative estimate of drug-likeness (QED) is 0.660. The van der Waals surface area contributed by atoms with Gasteiger partial charge in [0.1, 0.15) is 0 Å². The number of aromatic nitrogens is 3. The van der Waals surface area contributed by atoms with Crippen molar-refractivity contribution in [1.29, 1.82) is 0 Å². The Morgan fingerprint density at radius 3 is 2.83 bits per heavy atom. The average molecular weight is 345 g/mol. The Morgan fingerprint density at radius 1 is 1.38 bits per heavy atom. The number of fused-ring (bicyclic) bond motifs is 1. The van der Waals surface area contributed by atoms with Gasteiger partial charge in [-0.2, -0.15) is 0 Å². The van der Waals surface area contributed by atoms with Gasteiger partial charge in [0.2, 0.25) is 5.91 Å². The predicted octanol–water partition coefficient (Wildman–Crippen LogP) is 2.08. The highest BCUT2D eigenvalue weighted by atomic mass is 32.1. The lowest BCUT2D eigenvalue weighted by atomic mass is 10.2. The smallest absolute Gasteiger partial charge is 0.323 e. The van der Waals surface area contributed by atoms with Gasteiger partial charge in [0.15, 0.2) is 0 Å². The van der Waals surface area contributed by atoms with E-state index in [4.69, 9.17) is 0 Å². The van der Waals surface area contributed by atoms with Crippen LogP contribution in [0.25, 0.3) is 11.0 Å². The van der Waals surface area contributed by atoms with Crippen molar-refractivity contribution in [2.24, 2.45) is 0 Å². The van der Waals surface area contributed by atoms with Gasteiger partial charge in [0.05, 0.1) is 22.1 Å². The number of carbonyl (C=O) groups excluding carboxylic acids is 1. The number of H-pyrrole nitrogens is 2. The molecule has 3 aromatic rings. The van der Waals surface area contributed by atoms with Crippen LogP contribution in [-0.4, -0.2) is 38.8 Å². The van der Waals surface area contributed by atoms with Crippen molar-refractivity contribution < 1.29 is 4.79 Å². The fourth-order valence-corrected chi connectivity index (χ4v) is 3.28. The molecule has 0 aliphatic carbocycles. The maximum Gasteiger partial charge on any atom is 0.323 e. The predicted molar refractivity (Wildman–Crippen MR) is 95.3 cm³/mol. The minimum absolute atomic E-state index is 0.101. The van der Waals surface area contributed by atoms with Crippen LogP contribution in [0.1, 0.15) is 16.8 Å². The van der Waals surface area contributed by atoms with Crippen LogP contribution in [0.2, 0.25) is 0 Å². The molecule has 0 saturated heterocycles. The van der Waals surface area contributed by atoms with Crippen LogP contribution in [0.5, 0.6) is 0 Å². The molecule has 8 heteroatoms. The zero-order chi connectivity index (χ0) is 17.3. The molecule has 1 atom stereocenters. The third-order valence-corrected chi connectivity index (χ3v) is 4.80. The summed E-state index contributed by atoms with van der Waals surface area (Å²) < 4.78 is 0. The molecule has 126 valence electrons. The normalized spacial score (nSPS) is 12.7. The standard InChI is InChI=1S/C16H19N5O2S/c1-9(21(3)8-12-7-17-10(2)24-12)15(22)18-11-4-5-13-14(6-11)20-16(23)19-13/h4-7,9H,8H2,1-3H3,(H,18,22)(H2,19,20,23). The van der Waals surface area contributed by atoms with Gasteiger partial charge in [-0.1, -0.05) is 0 Å². The molecule has 7 nitrogen and oxygen atoms in total. The van der Waals surface area contributed by atoms with E-state index in [0.717, 1.165) is 9.88 Å². The molecule has 0 bridgehead atoms. The molecule has 24 heavy (non-hydrogen) atoms. The van der Waals surface area contributed by atoms with E-state index in [9.17, 15) is 9.59 Å². The highest BCUT2D eigenvalue weighted by Gasteiger charge is 2.19. The molecular formula is C16H19N5O2S. The molecule has 2 heterocycles. The molecule has 3 N–H and O–H groups in total. The number of hydrogen-bond donors (Lipinski definition) is 3. The Bertz CT molecular complexity index is 926. The third kappa shape index (κ3) is 3.55. The number of benzene rings is 1. The number of amides is 1. The van der Waals surface area contributed by atoms with Crippen molar-refractivity contribution in [3.8, 4) is 0 Å². The summed E-state index contributed by atoms with van der Waals surface area (Å²) in [5.74, 6) is -0.101. The van der Waals surface area contributed by atoms with E-state index in [1.807, 2.05) is 32.0 Å². The summed E-state index contributed by atoms with van der Waals surface area (Å²) >= 11 is 1.63. The molecule has 0 spiro atoms. The van der Waals surface area contributed by atoms with Gasteiger partial charge in [0.25, 0.3) is 0 Å². The van der Waals surface area contributed by atoms with E-state index in [0.29, 0.717) is 23.3 Å². The zero-order valence-corrected chi connectivity index (χ0v) is 14.5. The van der Waals surface area contributed by atoms with Gasteiger partial charge in [-0.25, -0.2) is 9.78 Å². The summed E-state index contributed by atoms with van der Waals surface area (Å²) in [6.07, 6.45) is 1.84. The van der Waals surface area contributed by atoms with Crippen LogP contribution >= 0.6 is 11.3 Å². The second-order valence-electron chi connectivity index (χ2n) is 5.77. The van der Waals surface area contributed by atoms with Crippen LogP contribution in [0.3, 0.4) is 0 Å². The minimum atomic E-state index is -0.298. The lowest BCUT2D eigenvalue weighted by Gasteiger charge is -2.23. The number of nitrogens with zero attached hydrogens (tertiary/aromatic N) is 2. The van der Waals surface area contributed by atoms with Crippen LogP contribution in [0, 0.1) is 6.92 Å². The molecule has 1 unspecified atom stereocenters.